The molecule has 0 unspecified atom stereocenters. The Morgan fingerprint density at radius 2 is 1.42 bits per heavy atom. The van der Waals surface area contributed by atoms with E-state index in [1.165, 1.54) is 47.6 Å². The van der Waals surface area contributed by atoms with Crippen molar-refractivity contribution in [2.45, 2.75) is 65.7 Å². The maximum atomic E-state index is 15.4. The highest BCUT2D eigenvalue weighted by Crippen LogP contribution is 2.38. The van der Waals surface area contributed by atoms with Crippen LogP contribution in [-0.2, 0) is 28.8 Å². The van der Waals surface area contributed by atoms with Crippen molar-refractivity contribution in [2.75, 3.05) is 19.8 Å². The fraction of sp³-hybridized carbons (Fsp3) is 0.325. The Morgan fingerprint density at radius 1 is 0.756 bits per heavy atom. The highest BCUT2D eigenvalue weighted by molar-refractivity contribution is 5.87. The average molecular weight is 609 g/mol. The number of benzene rings is 4. The summed E-state index contributed by atoms with van der Waals surface area (Å²) >= 11 is 0. The van der Waals surface area contributed by atoms with E-state index in [0.717, 1.165) is 29.5 Å². The summed E-state index contributed by atoms with van der Waals surface area (Å²) in [5, 5.41) is 9.16. The molecule has 0 saturated heterocycles. The minimum atomic E-state index is -0.476. The van der Waals surface area contributed by atoms with Crippen LogP contribution in [0.25, 0.3) is 33.4 Å². The second-order valence-corrected chi connectivity index (χ2v) is 11.5. The topological polar surface area (TPSA) is 55.8 Å². The number of halogens is 1. The van der Waals surface area contributed by atoms with Gasteiger partial charge in [0.15, 0.2) is 0 Å². The molecule has 1 N–H and O–H groups in total. The van der Waals surface area contributed by atoms with Crippen LogP contribution in [0.4, 0.5) is 4.39 Å². The van der Waals surface area contributed by atoms with E-state index in [2.05, 4.69) is 62.9 Å². The van der Waals surface area contributed by atoms with Gasteiger partial charge >= 0.3 is 5.97 Å². The molecule has 236 valence electrons. The molecule has 4 rings (SSSR count). The summed E-state index contributed by atoms with van der Waals surface area (Å²) in [6.45, 7) is 9.80. The molecule has 4 nitrogen and oxygen atoms in total. The molecular formula is C40H45FO4. The van der Waals surface area contributed by atoms with Gasteiger partial charge in [-0.05, 0) is 96.2 Å². The van der Waals surface area contributed by atoms with Crippen LogP contribution in [0.5, 0.6) is 5.75 Å². The number of carbonyl (C=O) groups is 1. The van der Waals surface area contributed by atoms with E-state index in [4.69, 9.17) is 14.6 Å². The Balaban J connectivity index is 1.64. The van der Waals surface area contributed by atoms with Crippen LogP contribution >= 0.6 is 0 Å². The van der Waals surface area contributed by atoms with E-state index >= 15 is 4.39 Å². The molecule has 0 aliphatic rings. The van der Waals surface area contributed by atoms with Crippen molar-refractivity contribution in [1.82, 2.24) is 0 Å². The number of hydrogen-bond acceptors (Lipinski definition) is 4. The summed E-state index contributed by atoms with van der Waals surface area (Å²) < 4.78 is 26.7. The monoisotopic (exact) mass is 608 g/mol. The summed E-state index contributed by atoms with van der Waals surface area (Å²) in [6.07, 6.45) is 6.83. The Labute approximate surface area is 267 Å². The molecule has 4 aromatic rings. The number of unbranched alkanes of at least 4 members (excludes halogenated alkanes) is 2. The van der Waals surface area contributed by atoms with E-state index in [9.17, 15) is 4.79 Å². The lowest BCUT2D eigenvalue weighted by Crippen LogP contribution is -2.12. The van der Waals surface area contributed by atoms with Crippen molar-refractivity contribution < 1.29 is 23.8 Å². The molecular weight excluding hydrogens is 563 g/mol. The molecule has 0 aliphatic heterocycles. The lowest BCUT2D eigenvalue weighted by atomic mass is 9.91. The molecule has 0 fully saturated rings. The van der Waals surface area contributed by atoms with Crippen LogP contribution in [-0.4, -0.2) is 30.9 Å². The third-order valence-electron chi connectivity index (χ3n) is 8.00. The number of aliphatic hydroxyl groups is 1. The Kier molecular flexibility index (Phi) is 12.5. The van der Waals surface area contributed by atoms with Crippen LogP contribution in [0, 0.1) is 5.82 Å². The van der Waals surface area contributed by atoms with Gasteiger partial charge in [-0.2, -0.15) is 0 Å². The highest BCUT2D eigenvalue weighted by Gasteiger charge is 2.16. The summed E-state index contributed by atoms with van der Waals surface area (Å²) in [7, 11) is 0. The van der Waals surface area contributed by atoms with Gasteiger partial charge in [0.25, 0.3) is 0 Å². The van der Waals surface area contributed by atoms with Crippen LogP contribution in [0.3, 0.4) is 0 Å². The first kappa shape index (κ1) is 33.7. The van der Waals surface area contributed by atoms with E-state index in [1.54, 1.807) is 13.0 Å². The summed E-state index contributed by atoms with van der Waals surface area (Å²) in [4.78, 5) is 11.9. The van der Waals surface area contributed by atoms with Crippen LogP contribution in [0.2, 0.25) is 0 Å². The van der Waals surface area contributed by atoms with Gasteiger partial charge in [-0.25, -0.2) is 9.18 Å². The number of hydrogen-bond donors (Lipinski definition) is 1. The third kappa shape index (κ3) is 9.15. The highest BCUT2D eigenvalue weighted by atomic mass is 19.1. The first-order valence-electron chi connectivity index (χ1n) is 16.1. The van der Waals surface area contributed by atoms with Gasteiger partial charge in [-0.1, -0.05) is 93.9 Å². The molecule has 0 atom stereocenters. The quantitative estimate of drug-likeness (QED) is 0.0782. The lowest BCUT2D eigenvalue weighted by molar-refractivity contribution is -0.139. The molecule has 4 aromatic carbocycles. The summed E-state index contributed by atoms with van der Waals surface area (Å²) in [5.74, 6) is -0.326. The van der Waals surface area contributed by atoms with Crippen molar-refractivity contribution in [1.29, 1.82) is 0 Å². The SMILES string of the molecule is C=C(C)C(=O)OCCOc1cc(-c2ccc(-c3ccc(CCCCC)cc3)cc2CC)ccc1-c1ccc(CCCO)cc1F. The average Bonchev–Trinajstić information content (AvgIpc) is 3.06. The zero-order valence-corrected chi connectivity index (χ0v) is 26.8. The molecule has 0 amide bonds. The number of ether oxygens (including phenoxy) is 2. The first-order chi connectivity index (χ1) is 21.8. The van der Waals surface area contributed by atoms with Crippen molar-refractivity contribution in [3.63, 3.8) is 0 Å². The molecule has 0 radical (unpaired) electrons. The molecule has 0 aliphatic carbocycles. The molecule has 0 saturated carbocycles. The zero-order valence-electron chi connectivity index (χ0n) is 26.8. The number of esters is 1. The maximum absolute atomic E-state index is 15.4. The summed E-state index contributed by atoms with van der Waals surface area (Å²) in [6, 6.07) is 26.4. The van der Waals surface area contributed by atoms with Crippen molar-refractivity contribution >= 4 is 5.97 Å². The predicted molar refractivity (Wildman–Crippen MR) is 182 cm³/mol. The fourth-order valence-corrected chi connectivity index (χ4v) is 5.45. The van der Waals surface area contributed by atoms with Crippen molar-refractivity contribution in [2.24, 2.45) is 0 Å². The maximum Gasteiger partial charge on any atom is 0.333 e. The van der Waals surface area contributed by atoms with Gasteiger partial charge in [0.1, 0.15) is 24.8 Å². The number of carbonyl (C=O) groups excluding carboxylic acids is 1. The summed E-state index contributed by atoms with van der Waals surface area (Å²) in [5.41, 5.74) is 9.17. The van der Waals surface area contributed by atoms with Gasteiger partial charge in [0, 0.05) is 23.3 Å². The van der Waals surface area contributed by atoms with E-state index < -0.39 is 5.97 Å². The lowest BCUT2D eigenvalue weighted by Gasteiger charge is -2.17. The van der Waals surface area contributed by atoms with Crippen LogP contribution in [0.1, 0.15) is 63.1 Å². The normalized spacial score (nSPS) is 11.0. The van der Waals surface area contributed by atoms with Crippen molar-refractivity contribution in [3.8, 4) is 39.1 Å². The number of aryl methyl sites for hydroxylation is 3. The van der Waals surface area contributed by atoms with Gasteiger partial charge in [-0.3, -0.25) is 0 Å². The van der Waals surface area contributed by atoms with Gasteiger partial charge < -0.3 is 14.6 Å². The molecule has 0 aromatic heterocycles. The van der Waals surface area contributed by atoms with E-state index in [-0.39, 0.29) is 25.6 Å². The molecule has 45 heavy (non-hydrogen) atoms. The van der Waals surface area contributed by atoms with Crippen molar-refractivity contribution in [3.05, 3.63) is 114 Å². The second kappa shape index (κ2) is 16.7. The van der Waals surface area contributed by atoms with Crippen LogP contribution in [0.15, 0.2) is 91.0 Å². The smallest absolute Gasteiger partial charge is 0.333 e. The van der Waals surface area contributed by atoms with Gasteiger partial charge in [-0.15, -0.1) is 0 Å². The van der Waals surface area contributed by atoms with Gasteiger partial charge in [0.05, 0.1) is 0 Å². The number of aliphatic hydroxyl groups excluding tert-OH is 1. The molecule has 0 bridgehead atoms. The standard InChI is InChI=1S/C40H45FO4/c1-5-7-8-10-29-12-15-32(16-13-29)33-17-20-35(31(6-2)26-33)34-18-21-37(36-19-14-30(11-9-22-42)25-38(36)41)39(27-34)44-23-24-45-40(43)28(3)4/h12-21,25-27,42H,3,5-11,22-24H2,1-2,4H3. The largest absolute Gasteiger partial charge is 0.489 e. The van der Waals surface area contributed by atoms with Gasteiger partial charge in [0.2, 0.25) is 0 Å². The molecule has 0 heterocycles. The van der Waals surface area contributed by atoms with Crippen LogP contribution < -0.4 is 4.74 Å². The molecule has 5 heteroatoms. The third-order valence-corrected chi connectivity index (χ3v) is 8.00. The Hall–Kier alpha value is -4.22. The Bertz CT molecular complexity index is 1590. The van der Waals surface area contributed by atoms with E-state index in [1.807, 2.05) is 24.3 Å². The minimum Gasteiger partial charge on any atom is -0.489 e. The number of rotatable bonds is 16. The van der Waals surface area contributed by atoms with E-state index in [0.29, 0.717) is 35.3 Å². The molecule has 0 spiro atoms. The zero-order chi connectivity index (χ0) is 32.2. The fourth-order valence-electron chi connectivity index (χ4n) is 5.45. The minimum absolute atomic E-state index is 0.0459. The predicted octanol–water partition coefficient (Wildman–Crippen LogP) is 9.54. The second-order valence-electron chi connectivity index (χ2n) is 11.5. The first-order valence-corrected chi connectivity index (χ1v) is 16.1. The Morgan fingerprint density at radius 3 is 2.11 bits per heavy atom.